The second-order valence-electron chi connectivity index (χ2n) is 3.77. The summed E-state index contributed by atoms with van der Waals surface area (Å²) in [5, 5.41) is 6.88. The van der Waals surface area contributed by atoms with E-state index >= 15 is 0 Å². The summed E-state index contributed by atoms with van der Waals surface area (Å²) in [6.07, 6.45) is 0. The molecule has 18 heavy (non-hydrogen) atoms. The summed E-state index contributed by atoms with van der Waals surface area (Å²) in [7, 11) is 0. The van der Waals surface area contributed by atoms with Gasteiger partial charge in [-0.05, 0) is 18.6 Å². The van der Waals surface area contributed by atoms with Crippen LogP contribution in [-0.4, -0.2) is 29.9 Å². The molecule has 1 amide bonds. The lowest BCUT2D eigenvalue weighted by Crippen LogP contribution is -3.00. The number of hydrogen-bond acceptors (Lipinski definition) is 4. The normalized spacial score (nSPS) is 13.3. The van der Waals surface area contributed by atoms with Crippen molar-refractivity contribution in [2.45, 2.75) is 6.92 Å². The lowest BCUT2D eigenvalue weighted by molar-refractivity contribution is -0.113. The van der Waals surface area contributed by atoms with Crippen molar-refractivity contribution in [1.82, 2.24) is 5.32 Å². The third-order valence-electron chi connectivity index (χ3n) is 2.40. The highest BCUT2D eigenvalue weighted by atomic mass is 35.5. The molecule has 1 aromatic rings. The number of nitrogens with one attached hydrogen (secondary N) is 2. The molecule has 0 unspecified atom stereocenters. The molecule has 0 aromatic heterocycles. The molecule has 1 aliphatic heterocycles. The van der Waals surface area contributed by atoms with Crippen LogP contribution in [0.15, 0.2) is 29.3 Å². The van der Waals surface area contributed by atoms with Gasteiger partial charge in [0.1, 0.15) is 0 Å². The van der Waals surface area contributed by atoms with Crippen LogP contribution in [0.1, 0.15) is 5.56 Å². The molecule has 0 bridgehead atoms. The largest absolute Gasteiger partial charge is 1.00 e. The molecule has 2 rings (SSSR count). The van der Waals surface area contributed by atoms with Gasteiger partial charge in [-0.3, -0.25) is 9.79 Å². The van der Waals surface area contributed by atoms with Gasteiger partial charge < -0.3 is 23.0 Å². The van der Waals surface area contributed by atoms with Crippen LogP contribution in [0.4, 0.5) is 5.69 Å². The van der Waals surface area contributed by atoms with Crippen molar-refractivity contribution in [3.05, 3.63) is 29.8 Å². The van der Waals surface area contributed by atoms with Gasteiger partial charge in [-0.1, -0.05) is 30.0 Å². The van der Waals surface area contributed by atoms with Crippen molar-refractivity contribution in [2.24, 2.45) is 4.99 Å². The number of carbonyl (C=O) groups excluding carboxylic acids is 1. The minimum atomic E-state index is 0. The molecule has 1 heterocycles. The number of benzene rings is 1. The number of carbonyl (C=O) groups is 1. The van der Waals surface area contributed by atoms with E-state index in [1.54, 1.807) is 0 Å². The Labute approximate surface area is 117 Å². The van der Waals surface area contributed by atoms with Crippen molar-refractivity contribution in [1.29, 1.82) is 0 Å². The molecular weight excluding hydrogens is 270 g/mol. The number of halogens is 1. The Hall–Kier alpha value is -1.20. The number of anilines is 1. The Morgan fingerprint density at radius 1 is 1.50 bits per heavy atom. The van der Waals surface area contributed by atoms with E-state index in [1.807, 2.05) is 31.2 Å². The van der Waals surface area contributed by atoms with Crippen LogP contribution in [0.2, 0.25) is 0 Å². The molecule has 0 saturated heterocycles. The number of thioether (sulfide) groups is 1. The number of amidine groups is 1. The standard InChI is InChI=1S/C12H15N3OS.ClH/c1-9-4-2-3-5-10(9)15-11(16)8-17-12-13-6-7-14-12;/h2-5H,6-8H2,1H3,(H,13,14)(H,15,16);1H/p-1. The van der Waals surface area contributed by atoms with E-state index in [0.29, 0.717) is 5.75 Å². The number of rotatable bonds is 3. The van der Waals surface area contributed by atoms with E-state index in [4.69, 9.17) is 0 Å². The topological polar surface area (TPSA) is 53.5 Å². The van der Waals surface area contributed by atoms with E-state index in [-0.39, 0.29) is 18.3 Å². The zero-order valence-electron chi connectivity index (χ0n) is 10.1. The molecule has 0 saturated carbocycles. The first kappa shape index (κ1) is 14.9. The number of nitrogens with zero attached hydrogens (tertiary/aromatic N) is 1. The lowest BCUT2D eigenvalue weighted by Gasteiger charge is -2.07. The maximum absolute atomic E-state index is 11.7. The SMILES string of the molecule is Cc1ccccc1NC(=O)CSC1=NCCN1.[Cl-]. The molecule has 2 N–H and O–H groups in total. The van der Waals surface area contributed by atoms with E-state index < -0.39 is 0 Å². The predicted octanol–water partition coefficient (Wildman–Crippen LogP) is -1.37. The first-order valence-corrected chi connectivity index (χ1v) is 6.51. The second kappa shape index (κ2) is 7.28. The highest BCUT2D eigenvalue weighted by molar-refractivity contribution is 8.14. The molecule has 1 aromatic carbocycles. The number of aliphatic imine (C=N–C) groups is 1. The zero-order chi connectivity index (χ0) is 12.1. The van der Waals surface area contributed by atoms with Gasteiger partial charge in [0.25, 0.3) is 0 Å². The Balaban J connectivity index is 0.00000162. The van der Waals surface area contributed by atoms with Gasteiger partial charge in [0.15, 0.2) is 5.17 Å². The van der Waals surface area contributed by atoms with Gasteiger partial charge in [0.2, 0.25) is 5.91 Å². The summed E-state index contributed by atoms with van der Waals surface area (Å²) in [5.74, 6) is 0.390. The summed E-state index contributed by atoms with van der Waals surface area (Å²) in [4.78, 5) is 15.9. The smallest absolute Gasteiger partial charge is 0.234 e. The third kappa shape index (κ3) is 4.23. The third-order valence-corrected chi connectivity index (χ3v) is 3.36. The van der Waals surface area contributed by atoms with Gasteiger partial charge >= 0.3 is 0 Å². The van der Waals surface area contributed by atoms with E-state index in [9.17, 15) is 4.79 Å². The van der Waals surface area contributed by atoms with E-state index in [2.05, 4.69) is 15.6 Å². The van der Waals surface area contributed by atoms with Gasteiger partial charge in [-0.2, -0.15) is 0 Å². The van der Waals surface area contributed by atoms with Crippen LogP contribution in [-0.2, 0) is 4.79 Å². The second-order valence-corrected chi connectivity index (χ2v) is 4.73. The molecule has 1 aliphatic rings. The van der Waals surface area contributed by atoms with Crippen LogP contribution in [0, 0.1) is 6.92 Å². The van der Waals surface area contributed by atoms with Crippen LogP contribution in [0.5, 0.6) is 0 Å². The molecule has 0 spiro atoms. The average molecular weight is 285 g/mol. The first-order valence-electron chi connectivity index (χ1n) is 5.52. The van der Waals surface area contributed by atoms with Crippen molar-refractivity contribution in [3.8, 4) is 0 Å². The minimum Gasteiger partial charge on any atom is -1.00 e. The average Bonchev–Trinajstić information content (AvgIpc) is 2.82. The molecule has 98 valence electrons. The molecule has 0 fully saturated rings. The highest BCUT2D eigenvalue weighted by Gasteiger charge is 2.09. The van der Waals surface area contributed by atoms with Gasteiger partial charge in [-0.15, -0.1) is 0 Å². The summed E-state index contributed by atoms with van der Waals surface area (Å²) >= 11 is 1.44. The minimum absolute atomic E-state index is 0. The number of hydrogen-bond donors (Lipinski definition) is 2. The van der Waals surface area contributed by atoms with Crippen molar-refractivity contribution < 1.29 is 17.2 Å². The molecule has 6 heteroatoms. The van der Waals surface area contributed by atoms with Crippen LogP contribution >= 0.6 is 11.8 Å². The summed E-state index contributed by atoms with van der Waals surface area (Å²) < 4.78 is 0. The highest BCUT2D eigenvalue weighted by Crippen LogP contribution is 2.14. The van der Waals surface area contributed by atoms with Crippen molar-refractivity contribution in [2.75, 3.05) is 24.2 Å². The fourth-order valence-corrected chi connectivity index (χ4v) is 2.23. The summed E-state index contributed by atoms with van der Waals surface area (Å²) in [6, 6.07) is 7.75. The van der Waals surface area contributed by atoms with Gasteiger partial charge in [0.05, 0.1) is 12.3 Å². The van der Waals surface area contributed by atoms with Crippen LogP contribution in [0.3, 0.4) is 0 Å². The molecular formula is C12H15ClN3OS-. The monoisotopic (exact) mass is 284 g/mol. The Kier molecular flexibility index (Phi) is 6.01. The fraction of sp³-hybridized carbons (Fsp3) is 0.333. The Morgan fingerprint density at radius 3 is 2.94 bits per heavy atom. The quantitative estimate of drug-likeness (QED) is 0.720. The van der Waals surface area contributed by atoms with Crippen LogP contribution in [0.25, 0.3) is 0 Å². The van der Waals surface area contributed by atoms with Crippen molar-refractivity contribution >= 4 is 28.5 Å². The van der Waals surface area contributed by atoms with E-state index in [1.165, 1.54) is 11.8 Å². The van der Waals surface area contributed by atoms with Crippen molar-refractivity contribution in [3.63, 3.8) is 0 Å². The molecule has 0 atom stereocenters. The first-order chi connectivity index (χ1) is 8.25. The Bertz CT molecular complexity index is 451. The molecule has 0 radical (unpaired) electrons. The molecule has 0 aliphatic carbocycles. The van der Waals surface area contributed by atoms with Gasteiger partial charge in [0, 0.05) is 12.2 Å². The predicted molar refractivity (Wildman–Crippen MR) is 72.6 cm³/mol. The lowest BCUT2D eigenvalue weighted by atomic mass is 10.2. The summed E-state index contributed by atoms with van der Waals surface area (Å²) in [5.41, 5.74) is 1.95. The number of amides is 1. The fourth-order valence-electron chi connectivity index (χ4n) is 1.51. The maximum atomic E-state index is 11.7. The van der Waals surface area contributed by atoms with Crippen LogP contribution < -0.4 is 23.0 Å². The zero-order valence-corrected chi connectivity index (χ0v) is 11.6. The maximum Gasteiger partial charge on any atom is 0.234 e. The number of para-hydroxylation sites is 1. The van der Waals surface area contributed by atoms with Gasteiger partial charge in [-0.25, -0.2) is 0 Å². The Morgan fingerprint density at radius 2 is 2.28 bits per heavy atom. The summed E-state index contributed by atoms with van der Waals surface area (Å²) in [6.45, 7) is 3.66. The van der Waals surface area contributed by atoms with E-state index in [0.717, 1.165) is 29.5 Å². The number of aryl methyl sites for hydroxylation is 1. The molecule has 4 nitrogen and oxygen atoms in total.